The fraction of sp³-hybridized carbons (Fsp3) is 0.444. The van der Waals surface area contributed by atoms with Crippen LogP contribution in [0.2, 0.25) is 0 Å². The van der Waals surface area contributed by atoms with Crippen LogP contribution in [0.25, 0.3) is 11.1 Å². The first-order valence-electron chi connectivity index (χ1n) is 12.0. The van der Waals surface area contributed by atoms with Crippen LogP contribution in [0, 0.1) is 5.92 Å². The largest absolute Gasteiger partial charge is 0.480 e. The summed E-state index contributed by atoms with van der Waals surface area (Å²) < 4.78 is 5.58. The number of carboxylic acids is 1. The number of fused-ring (bicyclic) bond motifs is 3. The third kappa shape index (κ3) is 4.39. The van der Waals surface area contributed by atoms with Crippen LogP contribution in [0.4, 0.5) is 4.79 Å². The van der Waals surface area contributed by atoms with E-state index < -0.39 is 23.5 Å². The molecule has 2 unspecified atom stereocenters. The summed E-state index contributed by atoms with van der Waals surface area (Å²) in [5.74, 6) is -1.73. The summed E-state index contributed by atoms with van der Waals surface area (Å²) in [5, 5.41) is 12.4. The van der Waals surface area contributed by atoms with Crippen molar-refractivity contribution in [2.24, 2.45) is 5.92 Å². The van der Waals surface area contributed by atoms with Crippen LogP contribution in [0.5, 0.6) is 0 Å². The fourth-order valence-electron chi connectivity index (χ4n) is 5.28. The van der Waals surface area contributed by atoms with E-state index in [0.29, 0.717) is 25.8 Å². The van der Waals surface area contributed by atoms with Crippen molar-refractivity contribution in [3.8, 4) is 11.1 Å². The maximum Gasteiger partial charge on any atom is 0.407 e. The van der Waals surface area contributed by atoms with Gasteiger partial charge in [0.2, 0.25) is 5.91 Å². The Hall–Kier alpha value is -3.35. The number of aliphatic carboxylic acids is 1. The summed E-state index contributed by atoms with van der Waals surface area (Å²) in [5.41, 5.74) is 3.41. The normalized spacial score (nSPS) is 19.9. The number of hydrogen-bond acceptors (Lipinski definition) is 4. The van der Waals surface area contributed by atoms with Gasteiger partial charge in [0.25, 0.3) is 0 Å². The zero-order valence-corrected chi connectivity index (χ0v) is 19.8. The van der Waals surface area contributed by atoms with Gasteiger partial charge in [-0.1, -0.05) is 61.9 Å². The minimum Gasteiger partial charge on any atom is -0.480 e. The molecular formula is C27H32N2O5. The minimum atomic E-state index is -1.19. The molecule has 2 aromatic carbocycles. The fourth-order valence-corrected chi connectivity index (χ4v) is 5.28. The van der Waals surface area contributed by atoms with Gasteiger partial charge >= 0.3 is 12.1 Å². The van der Waals surface area contributed by atoms with Crippen LogP contribution in [0.15, 0.2) is 48.5 Å². The molecule has 34 heavy (non-hydrogen) atoms. The molecule has 1 fully saturated rings. The molecule has 2 atom stereocenters. The number of rotatable bonds is 8. The highest BCUT2D eigenvalue weighted by atomic mass is 16.5. The smallest absolute Gasteiger partial charge is 0.407 e. The van der Waals surface area contributed by atoms with Crippen molar-refractivity contribution in [3.05, 3.63) is 59.7 Å². The molecule has 0 radical (unpaired) electrons. The molecule has 2 aromatic rings. The molecule has 0 aromatic heterocycles. The molecular weight excluding hydrogens is 432 g/mol. The molecule has 0 bridgehead atoms. The van der Waals surface area contributed by atoms with Crippen molar-refractivity contribution >= 4 is 18.0 Å². The molecule has 2 N–H and O–H groups in total. The third-order valence-corrected chi connectivity index (χ3v) is 7.19. The van der Waals surface area contributed by atoms with Crippen LogP contribution in [-0.4, -0.2) is 53.2 Å². The molecule has 0 spiro atoms. The van der Waals surface area contributed by atoms with Crippen LogP contribution in [-0.2, 0) is 14.3 Å². The Morgan fingerprint density at radius 1 is 1.12 bits per heavy atom. The van der Waals surface area contributed by atoms with Gasteiger partial charge in [0.05, 0.1) is 5.92 Å². The van der Waals surface area contributed by atoms with Gasteiger partial charge < -0.3 is 20.1 Å². The van der Waals surface area contributed by atoms with Crippen molar-refractivity contribution in [2.75, 3.05) is 19.7 Å². The minimum absolute atomic E-state index is 0.0351. The van der Waals surface area contributed by atoms with E-state index in [1.54, 1.807) is 6.92 Å². The van der Waals surface area contributed by atoms with E-state index in [4.69, 9.17) is 4.74 Å². The van der Waals surface area contributed by atoms with E-state index in [-0.39, 0.29) is 25.0 Å². The molecule has 1 aliphatic carbocycles. The second-order valence-corrected chi connectivity index (χ2v) is 9.36. The Morgan fingerprint density at radius 3 is 2.32 bits per heavy atom. The van der Waals surface area contributed by atoms with Gasteiger partial charge in [0, 0.05) is 19.0 Å². The van der Waals surface area contributed by atoms with Gasteiger partial charge in [-0.25, -0.2) is 9.59 Å². The van der Waals surface area contributed by atoms with Crippen molar-refractivity contribution in [1.82, 2.24) is 10.2 Å². The SMILES string of the molecule is CCCC(CNC(=O)OCC1c2ccccc2-c2ccccc21)C(=O)N1CCCC1(C)C(=O)O. The molecule has 0 saturated carbocycles. The number of likely N-dealkylation sites (tertiary alicyclic amines) is 1. The summed E-state index contributed by atoms with van der Waals surface area (Å²) in [7, 11) is 0. The van der Waals surface area contributed by atoms with Gasteiger partial charge in [-0.2, -0.15) is 0 Å². The lowest BCUT2D eigenvalue weighted by Crippen LogP contribution is -2.53. The molecule has 7 nitrogen and oxygen atoms in total. The average Bonchev–Trinajstić information content (AvgIpc) is 3.39. The van der Waals surface area contributed by atoms with Crippen LogP contribution < -0.4 is 5.32 Å². The molecule has 2 amide bonds. The lowest BCUT2D eigenvalue weighted by atomic mass is 9.95. The highest BCUT2D eigenvalue weighted by Gasteiger charge is 2.47. The van der Waals surface area contributed by atoms with E-state index >= 15 is 0 Å². The van der Waals surface area contributed by atoms with Crippen molar-refractivity contribution in [3.63, 3.8) is 0 Å². The molecule has 1 aliphatic heterocycles. The van der Waals surface area contributed by atoms with Gasteiger partial charge in [0.1, 0.15) is 12.1 Å². The number of carboxylic acid groups (broad SMARTS) is 1. The molecule has 2 aliphatic rings. The Labute approximate surface area is 200 Å². The van der Waals surface area contributed by atoms with E-state index in [1.165, 1.54) is 4.90 Å². The second kappa shape index (κ2) is 9.87. The first-order valence-corrected chi connectivity index (χ1v) is 12.0. The molecule has 1 saturated heterocycles. The number of nitrogens with one attached hydrogen (secondary N) is 1. The number of ether oxygens (including phenoxy) is 1. The van der Waals surface area contributed by atoms with Crippen LogP contribution in [0.3, 0.4) is 0 Å². The molecule has 4 rings (SSSR count). The summed E-state index contributed by atoms with van der Waals surface area (Å²) in [6.07, 6.45) is 1.84. The first-order chi connectivity index (χ1) is 16.4. The Bertz CT molecular complexity index is 1040. The summed E-state index contributed by atoms with van der Waals surface area (Å²) in [6, 6.07) is 16.3. The number of hydrogen-bond donors (Lipinski definition) is 2. The van der Waals surface area contributed by atoms with E-state index in [9.17, 15) is 19.5 Å². The number of carbonyl (C=O) groups excluding carboxylic acids is 2. The molecule has 7 heteroatoms. The van der Waals surface area contributed by atoms with Gasteiger partial charge in [-0.15, -0.1) is 0 Å². The van der Waals surface area contributed by atoms with E-state index in [0.717, 1.165) is 28.7 Å². The lowest BCUT2D eigenvalue weighted by Gasteiger charge is -2.34. The van der Waals surface area contributed by atoms with Crippen molar-refractivity contribution in [1.29, 1.82) is 0 Å². The second-order valence-electron chi connectivity index (χ2n) is 9.36. The average molecular weight is 465 g/mol. The number of amides is 2. The standard InChI is InChI=1S/C27H32N2O5/c1-3-9-18(24(30)29-15-8-14-27(29,2)25(31)32)16-28-26(33)34-17-23-21-12-6-4-10-19(21)20-11-5-7-13-22(20)23/h4-7,10-13,18,23H,3,8-9,14-17H2,1-2H3,(H,28,33)(H,31,32). The topological polar surface area (TPSA) is 95.9 Å². The maximum atomic E-state index is 13.2. The Morgan fingerprint density at radius 2 is 1.74 bits per heavy atom. The first kappa shape index (κ1) is 23.8. The van der Waals surface area contributed by atoms with Crippen LogP contribution >= 0.6 is 0 Å². The van der Waals surface area contributed by atoms with Gasteiger partial charge in [0.15, 0.2) is 0 Å². The summed E-state index contributed by atoms with van der Waals surface area (Å²) >= 11 is 0. The van der Waals surface area contributed by atoms with E-state index in [2.05, 4.69) is 29.6 Å². The molecule has 1 heterocycles. The lowest BCUT2D eigenvalue weighted by molar-refractivity contribution is -0.157. The zero-order valence-electron chi connectivity index (χ0n) is 19.8. The summed E-state index contributed by atoms with van der Waals surface area (Å²) in [4.78, 5) is 39.0. The van der Waals surface area contributed by atoms with Crippen LogP contribution in [0.1, 0.15) is 56.6 Å². The predicted octanol–water partition coefficient (Wildman–Crippen LogP) is 4.41. The highest BCUT2D eigenvalue weighted by Crippen LogP contribution is 2.44. The maximum absolute atomic E-state index is 13.2. The predicted molar refractivity (Wildman–Crippen MR) is 128 cm³/mol. The highest BCUT2D eigenvalue weighted by molar-refractivity contribution is 5.89. The third-order valence-electron chi connectivity index (χ3n) is 7.19. The zero-order chi connectivity index (χ0) is 24.3. The monoisotopic (exact) mass is 464 g/mol. The van der Waals surface area contributed by atoms with Crippen molar-refractivity contribution < 1.29 is 24.2 Å². The number of benzene rings is 2. The quantitative estimate of drug-likeness (QED) is 0.603. The van der Waals surface area contributed by atoms with Gasteiger partial charge in [-0.05, 0) is 48.4 Å². The van der Waals surface area contributed by atoms with Gasteiger partial charge in [-0.3, -0.25) is 4.79 Å². The Kier molecular flexibility index (Phi) is 6.91. The van der Waals surface area contributed by atoms with E-state index in [1.807, 2.05) is 31.2 Å². The Balaban J connectivity index is 1.37. The molecule has 180 valence electrons. The summed E-state index contributed by atoms with van der Waals surface area (Å²) in [6.45, 7) is 4.31. The number of nitrogens with zero attached hydrogens (tertiary/aromatic N) is 1. The number of carbonyl (C=O) groups is 3. The number of alkyl carbamates (subject to hydrolysis) is 1. The van der Waals surface area contributed by atoms with Crippen molar-refractivity contribution in [2.45, 2.75) is 51.0 Å².